The van der Waals surface area contributed by atoms with E-state index in [1.165, 1.54) is 41.4 Å². The molecule has 1 saturated carbocycles. The van der Waals surface area contributed by atoms with Crippen LogP contribution in [-0.4, -0.2) is 60.8 Å². The number of nitrogens with two attached hydrogens (primary N) is 1. The molecule has 1 aromatic carbocycles. The van der Waals surface area contributed by atoms with Crippen LogP contribution in [0, 0.1) is 11.8 Å². The van der Waals surface area contributed by atoms with Crippen molar-refractivity contribution in [3.05, 3.63) is 72.0 Å². The summed E-state index contributed by atoms with van der Waals surface area (Å²) in [7, 11) is 0. The van der Waals surface area contributed by atoms with E-state index in [0.29, 0.717) is 23.6 Å². The van der Waals surface area contributed by atoms with Crippen LogP contribution >= 0.6 is 0 Å². The summed E-state index contributed by atoms with van der Waals surface area (Å²) in [5, 5.41) is 19.0. The van der Waals surface area contributed by atoms with Crippen molar-refractivity contribution in [2.45, 2.75) is 32.8 Å². The predicted molar refractivity (Wildman–Crippen MR) is 153 cm³/mol. The van der Waals surface area contributed by atoms with E-state index < -0.39 is 23.4 Å². The summed E-state index contributed by atoms with van der Waals surface area (Å²) in [6, 6.07) is 9.14. The number of rotatable bonds is 10. The van der Waals surface area contributed by atoms with Gasteiger partial charge in [0.1, 0.15) is 17.7 Å². The minimum absolute atomic E-state index is 0.0320. The molecule has 5 N–H and O–H groups in total. The molecule has 3 heterocycles. The molecule has 0 spiro atoms. The number of primary amides is 1. The summed E-state index contributed by atoms with van der Waals surface area (Å²) < 4.78 is 12.3. The first-order valence-corrected chi connectivity index (χ1v) is 13.3. The molecule has 4 aromatic rings. The number of oxazole rings is 1. The van der Waals surface area contributed by atoms with Gasteiger partial charge in [0.25, 0.3) is 11.8 Å². The molecule has 0 bridgehead atoms. The van der Waals surface area contributed by atoms with E-state index in [9.17, 15) is 19.2 Å². The van der Waals surface area contributed by atoms with Crippen LogP contribution in [0.5, 0.6) is 0 Å². The molecule has 43 heavy (non-hydrogen) atoms. The van der Waals surface area contributed by atoms with Crippen LogP contribution in [0.25, 0.3) is 17.1 Å². The first-order valence-electron chi connectivity index (χ1n) is 13.3. The molecule has 14 nitrogen and oxygen atoms in total. The topological polar surface area (TPSA) is 205 Å². The van der Waals surface area contributed by atoms with E-state index in [-0.39, 0.29) is 46.3 Å². The van der Waals surface area contributed by atoms with Crippen LogP contribution in [0.3, 0.4) is 0 Å². The largest absolute Gasteiger partial charge is 0.478 e. The Kier molecular flexibility index (Phi) is 7.68. The zero-order chi connectivity index (χ0) is 30.9. The van der Waals surface area contributed by atoms with Gasteiger partial charge < -0.3 is 30.6 Å². The van der Waals surface area contributed by atoms with Gasteiger partial charge in [0.05, 0.1) is 29.1 Å². The molecule has 3 aromatic heterocycles. The average Bonchev–Trinajstić information content (AvgIpc) is 3.34. The third-order valence-electron chi connectivity index (χ3n) is 6.50. The van der Waals surface area contributed by atoms with Gasteiger partial charge in [-0.1, -0.05) is 0 Å². The number of aromatic carboxylic acids is 1. The second-order valence-corrected chi connectivity index (χ2v) is 11.0. The molecule has 0 radical (unpaired) electrons. The van der Waals surface area contributed by atoms with Gasteiger partial charge in [0.2, 0.25) is 5.89 Å². The van der Waals surface area contributed by atoms with Crippen LogP contribution in [0.2, 0.25) is 0 Å². The fourth-order valence-electron chi connectivity index (χ4n) is 4.27. The van der Waals surface area contributed by atoms with E-state index in [4.69, 9.17) is 20.0 Å². The molecule has 0 aliphatic heterocycles. The van der Waals surface area contributed by atoms with Crippen molar-refractivity contribution in [1.82, 2.24) is 19.7 Å². The maximum Gasteiger partial charge on any atom is 0.335 e. The summed E-state index contributed by atoms with van der Waals surface area (Å²) in [6.07, 6.45) is 4.86. The monoisotopic (exact) mass is 587 g/mol. The maximum absolute atomic E-state index is 13.0. The Hall–Kier alpha value is -5.53. The Morgan fingerprint density at radius 3 is 2.58 bits per heavy atom. The number of pyridine rings is 1. The number of hydrogen-bond acceptors (Lipinski definition) is 10. The maximum atomic E-state index is 13.0. The second kappa shape index (κ2) is 11.4. The molecule has 2 amide bonds. The summed E-state index contributed by atoms with van der Waals surface area (Å²) in [5.74, 6) is -2.11. The first-order chi connectivity index (χ1) is 20.4. The van der Waals surface area contributed by atoms with Gasteiger partial charge in [0.15, 0.2) is 11.4 Å². The number of aromatic nitrogens is 4. The number of carboxylic acids is 1. The highest BCUT2D eigenvalue weighted by Gasteiger charge is 2.45. The van der Waals surface area contributed by atoms with Crippen LogP contribution in [0.15, 0.2) is 59.5 Å². The summed E-state index contributed by atoms with van der Waals surface area (Å²) in [6.45, 7) is 6.06. The standard InChI is InChI=1S/C29H29N7O7/c1-29(2,3)43-28(41)19-10-17(19)12-32-22-11-16(8-9-31-22)26-34-21(14-42-26)25(38)33-20-13-36(35-23(20)24(30)37)18-6-4-15(5-7-18)27(39)40/h4-9,11,13-14,17,19H,10,12H2,1-3H3,(H2,30,37)(H,31,32)(H,33,38)(H,39,40). The van der Waals surface area contributed by atoms with Gasteiger partial charge in [-0.2, -0.15) is 5.10 Å². The van der Waals surface area contributed by atoms with Gasteiger partial charge in [-0.15, -0.1) is 0 Å². The van der Waals surface area contributed by atoms with E-state index in [0.717, 1.165) is 6.42 Å². The van der Waals surface area contributed by atoms with Gasteiger partial charge in [-0.25, -0.2) is 19.4 Å². The second-order valence-electron chi connectivity index (χ2n) is 11.0. The fourth-order valence-corrected chi connectivity index (χ4v) is 4.27. The van der Waals surface area contributed by atoms with Gasteiger partial charge in [0, 0.05) is 18.3 Å². The van der Waals surface area contributed by atoms with Crippen molar-refractivity contribution >= 4 is 35.3 Å². The minimum atomic E-state index is -1.09. The number of esters is 1. The number of carbonyl (C=O) groups excluding carboxylic acids is 3. The molecule has 222 valence electrons. The van der Waals surface area contributed by atoms with Crippen molar-refractivity contribution in [3.8, 4) is 17.1 Å². The van der Waals surface area contributed by atoms with Crippen molar-refractivity contribution in [3.63, 3.8) is 0 Å². The number of benzene rings is 1. The highest BCUT2D eigenvalue weighted by atomic mass is 16.6. The number of ether oxygens (including phenoxy) is 1. The molecule has 14 heteroatoms. The predicted octanol–water partition coefficient (Wildman–Crippen LogP) is 3.36. The average molecular weight is 588 g/mol. The molecule has 1 aliphatic rings. The van der Waals surface area contributed by atoms with Crippen molar-refractivity contribution in [2.24, 2.45) is 17.6 Å². The smallest absolute Gasteiger partial charge is 0.335 e. The SMILES string of the molecule is CC(C)(C)OC(=O)C1CC1CNc1cc(-c2nc(C(=O)Nc3cn(-c4ccc(C(=O)O)cc4)nc3C(N)=O)co2)ccn1. The molecule has 2 unspecified atom stereocenters. The Labute approximate surface area is 245 Å². The highest BCUT2D eigenvalue weighted by Crippen LogP contribution is 2.40. The Morgan fingerprint density at radius 1 is 1.16 bits per heavy atom. The summed E-state index contributed by atoms with van der Waals surface area (Å²) in [4.78, 5) is 56.9. The van der Waals surface area contributed by atoms with E-state index in [1.54, 1.807) is 18.3 Å². The molecule has 5 rings (SSSR count). The Morgan fingerprint density at radius 2 is 1.91 bits per heavy atom. The van der Waals surface area contributed by atoms with Crippen LogP contribution in [-0.2, 0) is 9.53 Å². The number of anilines is 2. The van der Waals surface area contributed by atoms with Crippen molar-refractivity contribution in [2.75, 3.05) is 17.2 Å². The summed E-state index contributed by atoms with van der Waals surface area (Å²) >= 11 is 0. The lowest BCUT2D eigenvalue weighted by Gasteiger charge is -2.19. The number of hydrogen-bond donors (Lipinski definition) is 4. The van der Waals surface area contributed by atoms with Crippen LogP contribution in [0.1, 0.15) is 58.5 Å². The number of nitrogens with one attached hydrogen (secondary N) is 2. The summed E-state index contributed by atoms with van der Waals surface area (Å²) in [5.41, 5.74) is 5.79. The number of carboxylic acid groups (broad SMARTS) is 1. The normalized spacial score (nSPS) is 15.9. The van der Waals surface area contributed by atoms with E-state index in [2.05, 4.69) is 25.7 Å². The van der Waals surface area contributed by atoms with Gasteiger partial charge in [-0.3, -0.25) is 14.4 Å². The lowest BCUT2D eigenvalue weighted by atomic mass is 10.2. The zero-order valence-corrected chi connectivity index (χ0v) is 23.5. The van der Waals surface area contributed by atoms with Gasteiger partial charge in [-0.05, 0) is 69.5 Å². The first kappa shape index (κ1) is 29.0. The van der Waals surface area contributed by atoms with Crippen molar-refractivity contribution < 1.29 is 33.4 Å². The number of carbonyl (C=O) groups is 4. The Balaban J connectivity index is 1.23. The fraction of sp³-hybridized carbons (Fsp3) is 0.276. The molecule has 0 saturated heterocycles. The zero-order valence-electron chi connectivity index (χ0n) is 23.5. The van der Waals surface area contributed by atoms with Crippen LogP contribution in [0.4, 0.5) is 11.5 Å². The van der Waals surface area contributed by atoms with Crippen LogP contribution < -0.4 is 16.4 Å². The molecular weight excluding hydrogens is 558 g/mol. The van der Waals surface area contributed by atoms with Gasteiger partial charge >= 0.3 is 11.9 Å². The lowest BCUT2D eigenvalue weighted by molar-refractivity contribution is -0.156. The van der Waals surface area contributed by atoms with E-state index in [1.807, 2.05) is 20.8 Å². The highest BCUT2D eigenvalue weighted by molar-refractivity contribution is 6.07. The third-order valence-corrected chi connectivity index (χ3v) is 6.50. The number of amides is 2. The lowest BCUT2D eigenvalue weighted by Crippen LogP contribution is -2.25. The minimum Gasteiger partial charge on any atom is -0.478 e. The van der Waals surface area contributed by atoms with Crippen molar-refractivity contribution in [1.29, 1.82) is 0 Å². The molecular formula is C29H29N7O7. The Bertz CT molecular complexity index is 1700. The molecule has 2 atom stereocenters. The third kappa shape index (κ3) is 6.86. The number of nitrogens with zero attached hydrogens (tertiary/aromatic N) is 4. The molecule has 1 fully saturated rings. The quantitative estimate of drug-likeness (QED) is 0.198. The van der Waals surface area contributed by atoms with E-state index >= 15 is 0 Å². The molecule has 1 aliphatic carbocycles.